The predicted molar refractivity (Wildman–Crippen MR) is 90.0 cm³/mol. The van der Waals surface area contributed by atoms with Crippen LogP contribution in [-0.2, 0) is 4.79 Å². The third kappa shape index (κ3) is 5.07. The van der Waals surface area contributed by atoms with Crippen LogP contribution in [0.25, 0.3) is 0 Å². The van der Waals surface area contributed by atoms with Crippen molar-refractivity contribution in [2.75, 3.05) is 19.5 Å². The quantitative estimate of drug-likeness (QED) is 0.871. The molecule has 0 bridgehead atoms. The molecule has 0 spiro atoms. The van der Waals surface area contributed by atoms with Crippen LogP contribution in [0.4, 0.5) is 5.69 Å². The van der Waals surface area contributed by atoms with Crippen LogP contribution in [0.3, 0.4) is 0 Å². The van der Waals surface area contributed by atoms with Crippen LogP contribution in [0.2, 0.25) is 0 Å². The number of benzene rings is 1. The Kier molecular flexibility index (Phi) is 7.48. The van der Waals surface area contributed by atoms with Crippen molar-refractivity contribution in [3.8, 4) is 11.5 Å². The molecule has 2 rings (SSSR count). The van der Waals surface area contributed by atoms with Gasteiger partial charge in [0.15, 0.2) is 0 Å². The summed E-state index contributed by atoms with van der Waals surface area (Å²) in [4.78, 5) is 12.2. The summed E-state index contributed by atoms with van der Waals surface area (Å²) in [5.41, 5.74) is 6.77. The van der Waals surface area contributed by atoms with E-state index in [2.05, 4.69) is 5.32 Å². The van der Waals surface area contributed by atoms with Crippen molar-refractivity contribution in [1.82, 2.24) is 0 Å². The second kappa shape index (κ2) is 8.86. The standard InChI is InChI=1S/C16H24N2O3.ClH/c1-20-13-8-12(9-14(10-13)21-2)18-16(19)7-11-5-3-4-6-15(11)17;/h8-11,15H,3-7,17H2,1-2H3,(H,18,19);1H. The molecule has 0 saturated heterocycles. The SMILES string of the molecule is COc1cc(NC(=O)CC2CCCCC2N)cc(OC)c1.Cl. The van der Waals surface area contributed by atoms with Gasteiger partial charge in [-0.25, -0.2) is 0 Å². The van der Waals surface area contributed by atoms with Gasteiger partial charge >= 0.3 is 0 Å². The zero-order chi connectivity index (χ0) is 15.2. The van der Waals surface area contributed by atoms with Crippen molar-refractivity contribution in [3.05, 3.63) is 18.2 Å². The van der Waals surface area contributed by atoms with Gasteiger partial charge < -0.3 is 20.5 Å². The molecule has 22 heavy (non-hydrogen) atoms. The van der Waals surface area contributed by atoms with E-state index in [0.29, 0.717) is 23.6 Å². The van der Waals surface area contributed by atoms with Crippen molar-refractivity contribution in [1.29, 1.82) is 0 Å². The number of amides is 1. The number of hydrogen-bond acceptors (Lipinski definition) is 4. The Morgan fingerprint density at radius 1 is 1.18 bits per heavy atom. The molecular formula is C16H25ClN2O3. The minimum atomic E-state index is -0.00680. The van der Waals surface area contributed by atoms with E-state index in [0.717, 1.165) is 12.8 Å². The average Bonchev–Trinajstić information content (AvgIpc) is 2.49. The number of rotatable bonds is 5. The zero-order valence-corrected chi connectivity index (χ0v) is 13.9. The smallest absolute Gasteiger partial charge is 0.224 e. The van der Waals surface area contributed by atoms with E-state index < -0.39 is 0 Å². The van der Waals surface area contributed by atoms with Gasteiger partial charge in [-0.2, -0.15) is 0 Å². The molecule has 0 heterocycles. The Bertz CT molecular complexity index is 474. The molecule has 0 aromatic heterocycles. The first kappa shape index (κ1) is 18.6. The van der Waals surface area contributed by atoms with Crippen LogP contribution in [0.5, 0.6) is 11.5 Å². The van der Waals surface area contributed by atoms with Gasteiger partial charge in [-0.3, -0.25) is 4.79 Å². The highest BCUT2D eigenvalue weighted by Crippen LogP contribution is 2.28. The summed E-state index contributed by atoms with van der Waals surface area (Å²) in [6.07, 6.45) is 4.87. The molecule has 0 radical (unpaired) electrons. The maximum Gasteiger partial charge on any atom is 0.224 e. The molecule has 1 aromatic rings. The van der Waals surface area contributed by atoms with Crippen molar-refractivity contribution in [3.63, 3.8) is 0 Å². The summed E-state index contributed by atoms with van der Waals surface area (Å²) < 4.78 is 10.4. The number of methoxy groups -OCH3 is 2. The molecular weight excluding hydrogens is 304 g/mol. The lowest BCUT2D eigenvalue weighted by Gasteiger charge is -2.28. The van der Waals surface area contributed by atoms with Crippen LogP contribution in [0, 0.1) is 5.92 Å². The Balaban J connectivity index is 0.00000242. The fourth-order valence-corrected chi connectivity index (χ4v) is 2.82. The first-order valence-electron chi connectivity index (χ1n) is 7.41. The van der Waals surface area contributed by atoms with Gasteiger partial charge in [0.1, 0.15) is 11.5 Å². The lowest BCUT2D eigenvalue weighted by atomic mass is 9.83. The van der Waals surface area contributed by atoms with Crippen molar-refractivity contribution in [2.45, 2.75) is 38.1 Å². The van der Waals surface area contributed by atoms with E-state index in [9.17, 15) is 4.79 Å². The number of nitrogens with one attached hydrogen (secondary N) is 1. The predicted octanol–water partition coefficient (Wildman–Crippen LogP) is 2.97. The molecule has 1 amide bonds. The highest BCUT2D eigenvalue weighted by Gasteiger charge is 2.24. The van der Waals surface area contributed by atoms with Gasteiger partial charge in [0.25, 0.3) is 0 Å². The molecule has 1 aliphatic carbocycles. The third-order valence-corrected chi connectivity index (χ3v) is 4.05. The van der Waals surface area contributed by atoms with Crippen LogP contribution in [0.15, 0.2) is 18.2 Å². The fraction of sp³-hybridized carbons (Fsp3) is 0.562. The second-order valence-corrected chi connectivity index (χ2v) is 5.56. The molecule has 1 saturated carbocycles. The van der Waals surface area contributed by atoms with Gasteiger partial charge in [0.2, 0.25) is 5.91 Å². The summed E-state index contributed by atoms with van der Waals surface area (Å²) in [7, 11) is 3.17. The molecule has 0 aliphatic heterocycles. The number of ether oxygens (including phenoxy) is 2. The summed E-state index contributed by atoms with van der Waals surface area (Å²) in [6, 6.07) is 5.47. The van der Waals surface area contributed by atoms with Gasteiger partial charge in [-0.15, -0.1) is 12.4 Å². The minimum absolute atomic E-state index is 0. The Hall–Kier alpha value is -1.46. The fourth-order valence-electron chi connectivity index (χ4n) is 2.82. The van der Waals surface area contributed by atoms with E-state index in [1.165, 1.54) is 12.8 Å². The zero-order valence-electron chi connectivity index (χ0n) is 13.1. The number of carbonyl (C=O) groups is 1. The normalized spacial score (nSPS) is 20.7. The van der Waals surface area contributed by atoms with Gasteiger partial charge in [0, 0.05) is 36.3 Å². The van der Waals surface area contributed by atoms with Gasteiger partial charge in [-0.05, 0) is 18.8 Å². The van der Waals surface area contributed by atoms with Crippen LogP contribution in [0.1, 0.15) is 32.1 Å². The van der Waals surface area contributed by atoms with Crippen molar-refractivity contribution in [2.24, 2.45) is 11.7 Å². The highest BCUT2D eigenvalue weighted by atomic mass is 35.5. The molecule has 6 heteroatoms. The van der Waals surface area contributed by atoms with Crippen LogP contribution in [-0.4, -0.2) is 26.2 Å². The summed E-state index contributed by atoms with van der Waals surface area (Å²) >= 11 is 0. The van der Waals surface area contributed by atoms with Crippen LogP contribution >= 0.6 is 12.4 Å². The van der Waals surface area contributed by atoms with Gasteiger partial charge in [-0.1, -0.05) is 12.8 Å². The maximum atomic E-state index is 12.2. The number of halogens is 1. The van der Waals surface area contributed by atoms with E-state index in [-0.39, 0.29) is 30.3 Å². The molecule has 5 nitrogen and oxygen atoms in total. The molecule has 2 unspecified atom stereocenters. The summed E-state index contributed by atoms with van der Waals surface area (Å²) in [5, 5.41) is 2.90. The van der Waals surface area contributed by atoms with Crippen molar-refractivity contribution >= 4 is 24.0 Å². The number of anilines is 1. The van der Waals surface area contributed by atoms with E-state index >= 15 is 0 Å². The van der Waals surface area contributed by atoms with Gasteiger partial charge in [0.05, 0.1) is 14.2 Å². The largest absolute Gasteiger partial charge is 0.497 e. The molecule has 1 aliphatic rings. The highest BCUT2D eigenvalue weighted by molar-refractivity contribution is 5.91. The third-order valence-electron chi connectivity index (χ3n) is 4.05. The molecule has 3 N–H and O–H groups in total. The minimum Gasteiger partial charge on any atom is -0.497 e. The van der Waals surface area contributed by atoms with E-state index in [1.807, 2.05) is 0 Å². The molecule has 1 aromatic carbocycles. The first-order chi connectivity index (χ1) is 10.1. The number of hydrogen-bond donors (Lipinski definition) is 2. The lowest BCUT2D eigenvalue weighted by Crippen LogP contribution is -2.35. The van der Waals surface area contributed by atoms with Crippen molar-refractivity contribution < 1.29 is 14.3 Å². The maximum absolute atomic E-state index is 12.2. The number of nitrogens with two attached hydrogens (primary N) is 1. The first-order valence-corrected chi connectivity index (χ1v) is 7.41. The molecule has 124 valence electrons. The average molecular weight is 329 g/mol. The summed E-state index contributed by atoms with van der Waals surface area (Å²) in [5.74, 6) is 1.58. The monoisotopic (exact) mass is 328 g/mol. The topological polar surface area (TPSA) is 73.6 Å². The Labute approximate surface area is 138 Å². The Morgan fingerprint density at radius 3 is 2.32 bits per heavy atom. The Morgan fingerprint density at radius 2 is 1.77 bits per heavy atom. The molecule has 1 fully saturated rings. The van der Waals surface area contributed by atoms with E-state index in [4.69, 9.17) is 15.2 Å². The summed E-state index contributed by atoms with van der Waals surface area (Å²) in [6.45, 7) is 0. The second-order valence-electron chi connectivity index (χ2n) is 5.56. The number of carbonyl (C=O) groups excluding carboxylic acids is 1. The molecule has 2 atom stereocenters. The van der Waals surface area contributed by atoms with Crippen LogP contribution < -0.4 is 20.5 Å². The lowest BCUT2D eigenvalue weighted by molar-refractivity contribution is -0.117. The van der Waals surface area contributed by atoms with E-state index in [1.54, 1.807) is 32.4 Å².